The second kappa shape index (κ2) is 14.8. The van der Waals surface area contributed by atoms with E-state index in [-0.39, 0.29) is 28.4 Å². The molecule has 224 valence electrons. The lowest BCUT2D eigenvalue weighted by Gasteiger charge is -2.22. The molecule has 2 N–H and O–H groups in total. The monoisotopic (exact) mass is 579 g/mol. The molecule has 3 rings (SSSR count). The van der Waals surface area contributed by atoms with Crippen molar-refractivity contribution in [1.29, 1.82) is 0 Å². The molecule has 0 saturated carbocycles. The lowest BCUT2D eigenvalue weighted by molar-refractivity contribution is -0.384. The fourth-order valence-corrected chi connectivity index (χ4v) is 4.80. The molecule has 0 aliphatic heterocycles. The topological polar surface area (TPSA) is 151 Å². The predicted molar refractivity (Wildman–Crippen MR) is 158 cm³/mol. The highest BCUT2D eigenvalue weighted by atomic mass is 16.6. The molecule has 3 aromatic carbocycles. The van der Waals surface area contributed by atoms with E-state index >= 15 is 0 Å². The van der Waals surface area contributed by atoms with Crippen LogP contribution in [0.5, 0.6) is 17.2 Å². The number of rotatable bonds is 15. The first-order valence-electron chi connectivity index (χ1n) is 13.9. The number of aromatic hydroxyl groups is 2. The molecular formula is C31H37N3O8. The van der Waals surface area contributed by atoms with Crippen molar-refractivity contribution < 1.29 is 34.3 Å². The van der Waals surface area contributed by atoms with Crippen LogP contribution in [0.2, 0.25) is 0 Å². The molecule has 0 heterocycles. The van der Waals surface area contributed by atoms with Gasteiger partial charge in [-0.1, -0.05) is 12.1 Å². The molecule has 0 bridgehead atoms. The minimum atomic E-state index is -0.815. The summed E-state index contributed by atoms with van der Waals surface area (Å²) in [5.41, 5.74) is 0.240. The van der Waals surface area contributed by atoms with Crippen LogP contribution in [0.1, 0.15) is 66.2 Å². The number of hydrogen-bond acceptors (Lipinski definition) is 8. The largest absolute Gasteiger partial charge is 0.504 e. The van der Waals surface area contributed by atoms with Crippen molar-refractivity contribution in [3.63, 3.8) is 0 Å². The molecule has 3 aromatic rings. The molecule has 42 heavy (non-hydrogen) atoms. The fourth-order valence-electron chi connectivity index (χ4n) is 4.80. The van der Waals surface area contributed by atoms with E-state index in [4.69, 9.17) is 4.74 Å². The maximum atomic E-state index is 13.1. The van der Waals surface area contributed by atoms with Crippen LogP contribution >= 0.6 is 0 Å². The van der Waals surface area contributed by atoms with E-state index in [1.54, 1.807) is 35.0 Å². The van der Waals surface area contributed by atoms with Gasteiger partial charge < -0.3 is 24.7 Å². The van der Waals surface area contributed by atoms with Gasteiger partial charge in [0.2, 0.25) is 11.7 Å². The van der Waals surface area contributed by atoms with Crippen molar-refractivity contribution >= 4 is 34.1 Å². The molecule has 0 aromatic heterocycles. The Morgan fingerprint density at radius 3 is 2.33 bits per heavy atom. The number of benzene rings is 3. The highest BCUT2D eigenvalue weighted by molar-refractivity contribution is 6.02. The second-order valence-corrected chi connectivity index (χ2v) is 10.0. The first-order chi connectivity index (χ1) is 20.1. The number of nitro groups is 1. The normalized spacial score (nSPS) is 10.8. The van der Waals surface area contributed by atoms with E-state index in [9.17, 15) is 34.7 Å². The van der Waals surface area contributed by atoms with Crippen molar-refractivity contribution in [2.45, 2.75) is 45.4 Å². The number of Topliss-reactive ketones (excluding diaryl/α,β-unsaturated/α-hetero) is 1. The van der Waals surface area contributed by atoms with Crippen LogP contribution < -0.4 is 4.74 Å². The summed E-state index contributed by atoms with van der Waals surface area (Å²) >= 11 is 0. The van der Waals surface area contributed by atoms with E-state index in [1.807, 2.05) is 13.0 Å². The van der Waals surface area contributed by atoms with Gasteiger partial charge in [-0.2, -0.15) is 0 Å². The van der Waals surface area contributed by atoms with Crippen LogP contribution in [-0.4, -0.2) is 76.3 Å². The number of phenolic OH excluding ortho intramolecular Hbond substituents is 2. The Hall–Kier alpha value is -4.67. The van der Waals surface area contributed by atoms with Crippen LogP contribution in [0.15, 0.2) is 48.5 Å². The lowest BCUT2D eigenvalue weighted by atomic mass is 10.0. The number of nitro benzene ring substituents is 1. The third-order valence-electron chi connectivity index (χ3n) is 7.21. The third kappa shape index (κ3) is 7.74. The number of carbonyl (C=O) groups excluding carboxylic acids is 3. The number of para-hydroxylation sites is 1. The number of unbranched alkanes of at least 4 members (excludes halogenated alkanes) is 2. The van der Waals surface area contributed by atoms with Gasteiger partial charge in [-0.25, -0.2) is 0 Å². The van der Waals surface area contributed by atoms with Gasteiger partial charge in [0.05, 0.1) is 23.0 Å². The van der Waals surface area contributed by atoms with Crippen LogP contribution in [0.4, 0.5) is 5.69 Å². The average molecular weight is 580 g/mol. The molecule has 0 unspecified atom stereocenters. The van der Waals surface area contributed by atoms with Crippen LogP contribution in [0, 0.1) is 10.1 Å². The zero-order valence-corrected chi connectivity index (χ0v) is 24.2. The smallest absolute Gasteiger partial charge is 0.322 e. The summed E-state index contributed by atoms with van der Waals surface area (Å²) in [5.74, 6) is -1.17. The minimum Gasteiger partial charge on any atom is -0.504 e. The summed E-state index contributed by atoms with van der Waals surface area (Å²) in [5, 5.41) is 31.6. The van der Waals surface area contributed by atoms with Crippen molar-refractivity contribution in [3.8, 4) is 17.2 Å². The van der Waals surface area contributed by atoms with E-state index in [1.165, 1.54) is 31.4 Å². The maximum absolute atomic E-state index is 13.1. The van der Waals surface area contributed by atoms with E-state index in [0.29, 0.717) is 75.0 Å². The predicted octanol–water partition coefficient (Wildman–Crippen LogP) is 5.31. The SMILES string of the molecule is CCN(CCCCN(C)C(=O)CCCCC(=O)c1ccccc1OC)C(=O)c1ccc2c([N+](=O)[O-])c(O)c(O)cc2c1. The van der Waals surface area contributed by atoms with E-state index in [0.717, 1.165) is 0 Å². The zero-order chi connectivity index (χ0) is 30.8. The second-order valence-electron chi connectivity index (χ2n) is 10.0. The van der Waals surface area contributed by atoms with Crippen LogP contribution in [0.25, 0.3) is 10.8 Å². The summed E-state index contributed by atoms with van der Waals surface area (Å²) in [7, 11) is 3.27. The summed E-state index contributed by atoms with van der Waals surface area (Å²) in [6.45, 7) is 3.29. The molecule has 0 radical (unpaired) electrons. The molecular weight excluding hydrogens is 542 g/mol. The number of ketones is 1. The van der Waals surface area contributed by atoms with Crippen molar-refractivity contribution in [2.75, 3.05) is 33.8 Å². The first kappa shape index (κ1) is 31.9. The summed E-state index contributed by atoms with van der Waals surface area (Å²) in [6.07, 6.45) is 3.26. The van der Waals surface area contributed by atoms with Crippen molar-refractivity contribution in [1.82, 2.24) is 9.80 Å². The highest BCUT2D eigenvalue weighted by Gasteiger charge is 2.24. The molecule has 0 aliphatic carbocycles. The number of nitrogens with zero attached hydrogens (tertiary/aromatic N) is 3. The highest BCUT2D eigenvalue weighted by Crippen LogP contribution is 2.41. The number of methoxy groups -OCH3 is 1. The summed E-state index contributed by atoms with van der Waals surface area (Å²) in [6, 6.07) is 12.6. The minimum absolute atomic E-state index is 0.00251. The van der Waals surface area contributed by atoms with Gasteiger partial charge in [0.15, 0.2) is 11.5 Å². The molecule has 11 heteroatoms. The third-order valence-corrected chi connectivity index (χ3v) is 7.21. The standard InChI is InChI=1S/C31H37N3O8/c1-4-33(31(39)21-15-16-23-22(19-21)20-26(36)30(38)29(23)34(40)41)18-10-9-17-32(2)28(37)14-8-6-12-25(35)24-11-5-7-13-27(24)42-3/h5,7,11,13,15-16,19-20,36,38H,4,6,8-10,12,14,17-18H2,1-3H3. The number of carbonyl (C=O) groups is 3. The average Bonchev–Trinajstić information content (AvgIpc) is 2.98. The quantitative estimate of drug-likeness (QED) is 0.0808. The van der Waals surface area contributed by atoms with Crippen molar-refractivity contribution in [3.05, 3.63) is 69.8 Å². The van der Waals surface area contributed by atoms with E-state index in [2.05, 4.69) is 0 Å². The number of fused-ring (bicyclic) bond motifs is 1. The molecule has 0 aliphatic rings. The van der Waals surface area contributed by atoms with Crippen molar-refractivity contribution in [2.24, 2.45) is 0 Å². The number of amides is 2. The maximum Gasteiger partial charge on any atom is 0.322 e. The molecule has 0 atom stereocenters. The van der Waals surface area contributed by atoms with Crippen LogP contribution in [-0.2, 0) is 4.79 Å². The van der Waals surface area contributed by atoms with Gasteiger partial charge in [-0.15, -0.1) is 0 Å². The summed E-state index contributed by atoms with van der Waals surface area (Å²) < 4.78 is 5.24. The van der Waals surface area contributed by atoms with Gasteiger partial charge >= 0.3 is 5.69 Å². The van der Waals surface area contributed by atoms with Gasteiger partial charge in [0.1, 0.15) is 5.75 Å². The summed E-state index contributed by atoms with van der Waals surface area (Å²) in [4.78, 5) is 52.1. The molecule has 0 saturated heterocycles. The van der Waals surface area contributed by atoms with E-state index < -0.39 is 22.1 Å². The Balaban J connectivity index is 1.45. The Bertz CT molecular complexity index is 1460. The zero-order valence-electron chi connectivity index (χ0n) is 24.2. The number of hydrogen-bond donors (Lipinski definition) is 2. The first-order valence-corrected chi connectivity index (χ1v) is 13.9. The van der Waals surface area contributed by atoms with Gasteiger partial charge in [0, 0.05) is 45.1 Å². The Kier molecular flexibility index (Phi) is 11.2. The fraction of sp³-hybridized carbons (Fsp3) is 0.387. The molecule has 0 fully saturated rings. The number of ether oxygens (including phenoxy) is 1. The van der Waals surface area contributed by atoms with Crippen LogP contribution in [0.3, 0.4) is 0 Å². The van der Waals surface area contributed by atoms with Gasteiger partial charge in [0.25, 0.3) is 5.91 Å². The Labute approximate surface area is 244 Å². The molecule has 11 nitrogen and oxygen atoms in total. The Morgan fingerprint density at radius 1 is 0.952 bits per heavy atom. The number of phenols is 2. The molecule has 0 spiro atoms. The van der Waals surface area contributed by atoms with Gasteiger partial charge in [-0.3, -0.25) is 24.5 Å². The Morgan fingerprint density at radius 2 is 1.64 bits per heavy atom. The lowest BCUT2D eigenvalue weighted by Crippen LogP contribution is -2.33. The van der Waals surface area contributed by atoms with Gasteiger partial charge in [-0.05, 0) is 74.4 Å². The molecule has 2 amide bonds.